The predicted octanol–water partition coefficient (Wildman–Crippen LogP) is 4.00. The fraction of sp³-hybridized carbons (Fsp3) is 0.435. The van der Waals surface area contributed by atoms with E-state index in [1.807, 2.05) is 25.1 Å². The van der Waals surface area contributed by atoms with Crippen LogP contribution in [0.3, 0.4) is 0 Å². The van der Waals surface area contributed by atoms with E-state index in [-0.39, 0.29) is 16.8 Å². The quantitative estimate of drug-likeness (QED) is 0.745. The minimum atomic E-state index is -3.56. The second-order valence-corrected chi connectivity index (χ2v) is 9.68. The highest BCUT2D eigenvalue weighted by Gasteiger charge is 2.25. The highest BCUT2D eigenvalue weighted by atomic mass is 32.2. The number of nitrogens with zero attached hydrogens (tertiary/aromatic N) is 1. The molecule has 1 aliphatic heterocycles. The number of rotatable bonds is 7. The number of hydrogen-bond donors (Lipinski definition) is 1. The Morgan fingerprint density at radius 2 is 1.69 bits per heavy atom. The molecule has 1 saturated heterocycles. The molecule has 0 radical (unpaired) electrons. The van der Waals surface area contributed by atoms with Crippen LogP contribution in [0.25, 0.3) is 0 Å². The number of sulfonamides is 1. The first kappa shape index (κ1) is 21.5. The first-order valence-electron chi connectivity index (χ1n) is 10.4. The molecule has 1 aliphatic rings. The van der Waals surface area contributed by atoms with Crippen molar-refractivity contribution >= 4 is 15.9 Å². The molecule has 0 aromatic heterocycles. The van der Waals surface area contributed by atoms with Gasteiger partial charge in [0.15, 0.2) is 0 Å². The molecule has 0 unspecified atom stereocenters. The van der Waals surface area contributed by atoms with E-state index in [4.69, 9.17) is 0 Å². The van der Waals surface area contributed by atoms with Crippen LogP contribution in [0, 0.1) is 0 Å². The monoisotopic (exact) mass is 414 g/mol. The van der Waals surface area contributed by atoms with Gasteiger partial charge in [-0.1, -0.05) is 49.2 Å². The second-order valence-electron chi connectivity index (χ2n) is 7.74. The maximum absolute atomic E-state index is 13.0. The summed E-state index contributed by atoms with van der Waals surface area (Å²) in [4.78, 5) is 12.9. The van der Waals surface area contributed by atoms with E-state index >= 15 is 0 Å². The molecular formula is C23H30N2O3S. The molecule has 1 N–H and O–H groups in total. The van der Waals surface area contributed by atoms with E-state index in [1.54, 1.807) is 22.5 Å². The summed E-state index contributed by atoms with van der Waals surface area (Å²) in [6, 6.07) is 16.5. The summed E-state index contributed by atoms with van der Waals surface area (Å²) in [5.41, 5.74) is 1.62. The molecule has 0 saturated carbocycles. The summed E-state index contributed by atoms with van der Waals surface area (Å²) >= 11 is 0. The Bertz CT molecular complexity index is 905. The lowest BCUT2D eigenvalue weighted by Crippen LogP contribution is -2.34. The molecule has 156 valence electrons. The Morgan fingerprint density at radius 3 is 2.38 bits per heavy atom. The molecule has 29 heavy (non-hydrogen) atoms. The topological polar surface area (TPSA) is 66.5 Å². The molecule has 0 aliphatic carbocycles. The van der Waals surface area contributed by atoms with Gasteiger partial charge in [0.2, 0.25) is 10.0 Å². The SMILES string of the molecule is C[C@H](CCc1ccccc1)NC(=O)c1cccc(S(=O)(=O)N2CCCCCC2)c1. The summed E-state index contributed by atoms with van der Waals surface area (Å²) in [6.07, 6.45) is 5.61. The third-order valence-corrected chi connectivity index (χ3v) is 7.28. The average molecular weight is 415 g/mol. The molecule has 0 bridgehead atoms. The number of benzene rings is 2. The summed E-state index contributed by atoms with van der Waals surface area (Å²) < 4.78 is 27.5. The van der Waals surface area contributed by atoms with E-state index in [9.17, 15) is 13.2 Å². The molecule has 2 aromatic rings. The van der Waals surface area contributed by atoms with Gasteiger partial charge in [-0.25, -0.2) is 8.42 Å². The third-order valence-electron chi connectivity index (χ3n) is 5.39. The van der Waals surface area contributed by atoms with Crippen molar-refractivity contribution in [1.29, 1.82) is 0 Å². The van der Waals surface area contributed by atoms with E-state index < -0.39 is 10.0 Å². The molecule has 1 heterocycles. The molecule has 6 heteroatoms. The minimum Gasteiger partial charge on any atom is -0.350 e. The van der Waals surface area contributed by atoms with Gasteiger partial charge in [-0.2, -0.15) is 4.31 Å². The van der Waals surface area contributed by atoms with Crippen LogP contribution >= 0.6 is 0 Å². The Kier molecular flexibility index (Phi) is 7.45. The van der Waals surface area contributed by atoms with Crippen molar-refractivity contribution in [1.82, 2.24) is 9.62 Å². The summed E-state index contributed by atoms with van der Waals surface area (Å²) in [5.74, 6) is -0.238. The third kappa shape index (κ3) is 5.90. The van der Waals surface area contributed by atoms with Gasteiger partial charge in [0.25, 0.3) is 5.91 Å². The maximum Gasteiger partial charge on any atom is 0.251 e. The van der Waals surface area contributed by atoms with Crippen LogP contribution in [-0.4, -0.2) is 37.8 Å². The van der Waals surface area contributed by atoms with Crippen LogP contribution in [0.15, 0.2) is 59.5 Å². The fourth-order valence-corrected chi connectivity index (χ4v) is 5.20. The van der Waals surface area contributed by atoms with E-state index in [0.717, 1.165) is 38.5 Å². The van der Waals surface area contributed by atoms with Crippen molar-refractivity contribution in [2.75, 3.05) is 13.1 Å². The minimum absolute atomic E-state index is 0.00595. The van der Waals surface area contributed by atoms with Crippen LogP contribution in [0.2, 0.25) is 0 Å². The lowest BCUT2D eigenvalue weighted by atomic mass is 10.1. The number of hydrogen-bond acceptors (Lipinski definition) is 3. The summed E-state index contributed by atoms with van der Waals surface area (Å²) in [6.45, 7) is 3.07. The maximum atomic E-state index is 13.0. The van der Waals surface area contributed by atoms with Crippen molar-refractivity contribution in [3.05, 3.63) is 65.7 Å². The predicted molar refractivity (Wildman–Crippen MR) is 115 cm³/mol. The molecular weight excluding hydrogens is 384 g/mol. The van der Waals surface area contributed by atoms with Crippen LogP contribution in [0.5, 0.6) is 0 Å². The number of amides is 1. The zero-order valence-corrected chi connectivity index (χ0v) is 17.8. The molecule has 5 nitrogen and oxygen atoms in total. The molecule has 2 aromatic carbocycles. The lowest BCUT2D eigenvalue weighted by molar-refractivity contribution is 0.0938. The van der Waals surface area contributed by atoms with Crippen molar-refractivity contribution < 1.29 is 13.2 Å². The number of nitrogens with one attached hydrogen (secondary N) is 1. The number of carbonyl (C=O) groups is 1. The molecule has 3 rings (SSSR count). The Balaban J connectivity index is 1.64. The van der Waals surface area contributed by atoms with Gasteiger partial charge < -0.3 is 5.32 Å². The molecule has 1 amide bonds. The van der Waals surface area contributed by atoms with Gasteiger partial charge in [0.1, 0.15) is 0 Å². The second kappa shape index (κ2) is 10.0. The highest BCUT2D eigenvalue weighted by Crippen LogP contribution is 2.21. The number of carbonyl (C=O) groups excluding carboxylic acids is 1. The van der Waals surface area contributed by atoms with Crippen LogP contribution in [0.4, 0.5) is 0 Å². The lowest BCUT2D eigenvalue weighted by Gasteiger charge is -2.20. The normalized spacial score (nSPS) is 16.7. The van der Waals surface area contributed by atoms with Crippen LogP contribution in [-0.2, 0) is 16.4 Å². The summed E-state index contributed by atoms with van der Waals surface area (Å²) in [7, 11) is -3.56. The van der Waals surface area contributed by atoms with E-state index in [0.29, 0.717) is 18.7 Å². The smallest absolute Gasteiger partial charge is 0.251 e. The zero-order chi connectivity index (χ0) is 20.7. The largest absolute Gasteiger partial charge is 0.350 e. The van der Waals surface area contributed by atoms with Crippen molar-refractivity contribution in [3.63, 3.8) is 0 Å². The van der Waals surface area contributed by atoms with Gasteiger partial charge >= 0.3 is 0 Å². The van der Waals surface area contributed by atoms with Crippen LogP contribution < -0.4 is 5.32 Å². The highest BCUT2D eigenvalue weighted by molar-refractivity contribution is 7.89. The number of aryl methyl sites for hydroxylation is 1. The first-order valence-corrected chi connectivity index (χ1v) is 11.9. The summed E-state index contributed by atoms with van der Waals surface area (Å²) in [5, 5.41) is 2.99. The van der Waals surface area contributed by atoms with E-state index in [1.165, 1.54) is 11.6 Å². The Morgan fingerprint density at radius 1 is 1.00 bits per heavy atom. The van der Waals surface area contributed by atoms with Crippen molar-refractivity contribution in [3.8, 4) is 0 Å². The van der Waals surface area contributed by atoms with Gasteiger partial charge in [-0.05, 0) is 56.4 Å². The van der Waals surface area contributed by atoms with Gasteiger partial charge in [0, 0.05) is 24.7 Å². The average Bonchev–Trinajstić information content (AvgIpc) is 3.03. The zero-order valence-electron chi connectivity index (χ0n) is 17.0. The van der Waals surface area contributed by atoms with E-state index in [2.05, 4.69) is 17.4 Å². The standard InChI is InChI=1S/C23H30N2O3S/c1-19(14-15-20-10-5-4-6-11-20)24-23(26)21-12-9-13-22(18-21)29(27,28)25-16-7-2-3-8-17-25/h4-6,9-13,18-19H,2-3,7-8,14-17H2,1H3,(H,24,26)/t19-/m1/s1. The Labute approximate surface area is 174 Å². The molecule has 1 atom stereocenters. The molecule has 1 fully saturated rings. The van der Waals surface area contributed by atoms with Gasteiger partial charge in [0.05, 0.1) is 4.90 Å². The fourth-order valence-electron chi connectivity index (χ4n) is 3.64. The molecule has 0 spiro atoms. The van der Waals surface area contributed by atoms with Crippen molar-refractivity contribution in [2.24, 2.45) is 0 Å². The van der Waals surface area contributed by atoms with Gasteiger partial charge in [-0.3, -0.25) is 4.79 Å². The van der Waals surface area contributed by atoms with Crippen LogP contribution in [0.1, 0.15) is 54.9 Å². The first-order chi connectivity index (χ1) is 14.0. The van der Waals surface area contributed by atoms with Crippen molar-refractivity contribution in [2.45, 2.75) is 56.4 Å². The van der Waals surface area contributed by atoms with Gasteiger partial charge in [-0.15, -0.1) is 0 Å². The Hall–Kier alpha value is -2.18.